The maximum Gasteiger partial charge on any atom is 0.220 e. The van der Waals surface area contributed by atoms with Crippen LogP contribution in [0.3, 0.4) is 0 Å². The van der Waals surface area contributed by atoms with E-state index in [9.17, 15) is 4.79 Å². The van der Waals surface area contributed by atoms with Crippen LogP contribution in [0.4, 0.5) is 0 Å². The van der Waals surface area contributed by atoms with Crippen LogP contribution in [0.15, 0.2) is 24.3 Å². The lowest BCUT2D eigenvalue weighted by molar-refractivity contribution is -0.121. The number of amides is 1. The first-order valence-electron chi connectivity index (χ1n) is 8.28. The van der Waals surface area contributed by atoms with E-state index >= 15 is 0 Å². The van der Waals surface area contributed by atoms with Crippen LogP contribution < -0.4 is 10.1 Å². The zero-order chi connectivity index (χ0) is 15.6. The minimum absolute atomic E-state index is 0.125. The van der Waals surface area contributed by atoms with Gasteiger partial charge in [0.1, 0.15) is 5.75 Å². The Balaban J connectivity index is 1.49. The van der Waals surface area contributed by atoms with Crippen LogP contribution in [-0.4, -0.2) is 32.3 Å². The molecule has 1 N–H and O–H groups in total. The Hall–Kier alpha value is -1.55. The molecule has 0 unspecified atom stereocenters. The number of carbonyl (C=O) groups excluding carboxylic acids is 1. The van der Waals surface area contributed by atoms with E-state index in [4.69, 9.17) is 9.47 Å². The molecule has 0 aromatic heterocycles. The number of aryl methyl sites for hydroxylation is 1. The van der Waals surface area contributed by atoms with Crippen LogP contribution in [0.5, 0.6) is 5.75 Å². The SMILES string of the molecule is Cc1ccc(OCCCC(=O)NCCC2CCOCC2)cc1. The fourth-order valence-corrected chi connectivity index (χ4v) is 2.60. The molecule has 1 saturated heterocycles. The zero-order valence-electron chi connectivity index (χ0n) is 13.5. The van der Waals surface area contributed by atoms with Gasteiger partial charge in [-0.25, -0.2) is 0 Å². The molecule has 4 heteroatoms. The van der Waals surface area contributed by atoms with Crippen LogP contribution in [-0.2, 0) is 9.53 Å². The molecule has 122 valence electrons. The summed E-state index contributed by atoms with van der Waals surface area (Å²) in [6.45, 7) is 5.15. The van der Waals surface area contributed by atoms with Crippen molar-refractivity contribution in [3.05, 3.63) is 29.8 Å². The van der Waals surface area contributed by atoms with Crippen molar-refractivity contribution >= 4 is 5.91 Å². The molecule has 1 heterocycles. The molecular weight excluding hydrogens is 278 g/mol. The molecule has 1 amide bonds. The molecule has 1 aliphatic rings. The summed E-state index contributed by atoms with van der Waals surface area (Å²) in [5.41, 5.74) is 1.22. The van der Waals surface area contributed by atoms with Crippen molar-refractivity contribution in [1.29, 1.82) is 0 Å². The van der Waals surface area contributed by atoms with Gasteiger partial charge in [-0.05, 0) is 50.7 Å². The standard InChI is InChI=1S/C18H27NO3/c1-15-4-6-17(7-5-15)22-12-2-3-18(20)19-11-8-16-9-13-21-14-10-16/h4-7,16H,2-3,8-14H2,1H3,(H,19,20). The van der Waals surface area contributed by atoms with E-state index in [1.165, 1.54) is 5.56 Å². The Morgan fingerprint density at radius 1 is 1.27 bits per heavy atom. The summed E-state index contributed by atoms with van der Waals surface area (Å²) in [5.74, 6) is 1.70. The van der Waals surface area contributed by atoms with Crippen molar-refractivity contribution in [3.63, 3.8) is 0 Å². The molecule has 1 aliphatic heterocycles. The molecule has 0 radical (unpaired) electrons. The lowest BCUT2D eigenvalue weighted by atomic mass is 9.97. The van der Waals surface area contributed by atoms with Crippen LogP contribution in [0, 0.1) is 12.8 Å². The molecule has 1 aromatic carbocycles. The van der Waals surface area contributed by atoms with Gasteiger partial charge >= 0.3 is 0 Å². The van der Waals surface area contributed by atoms with Gasteiger partial charge < -0.3 is 14.8 Å². The predicted octanol–water partition coefficient (Wildman–Crippen LogP) is 3.09. The van der Waals surface area contributed by atoms with E-state index in [0.717, 1.165) is 51.2 Å². The highest BCUT2D eigenvalue weighted by atomic mass is 16.5. The number of rotatable bonds is 8. The molecule has 0 bridgehead atoms. The molecule has 0 spiro atoms. The van der Waals surface area contributed by atoms with Crippen molar-refractivity contribution in [2.75, 3.05) is 26.4 Å². The number of ether oxygens (including phenoxy) is 2. The van der Waals surface area contributed by atoms with Gasteiger partial charge in [0.05, 0.1) is 6.61 Å². The van der Waals surface area contributed by atoms with E-state index in [-0.39, 0.29) is 5.91 Å². The summed E-state index contributed by atoms with van der Waals surface area (Å²) in [6, 6.07) is 7.98. The van der Waals surface area contributed by atoms with E-state index in [0.29, 0.717) is 18.9 Å². The molecule has 0 atom stereocenters. The third-order valence-electron chi connectivity index (χ3n) is 4.05. The minimum Gasteiger partial charge on any atom is -0.494 e. The molecule has 22 heavy (non-hydrogen) atoms. The van der Waals surface area contributed by atoms with Crippen molar-refractivity contribution in [3.8, 4) is 5.75 Å². The fourth-order valence-electron chi connectivity index (χ4n) is 2.60. The average molecular weight is 305 g/mol. The van der Waals surface area contributed by atoms with Crippen molar-refractivity contribution < 1.29 is 14.3 Å². The largest absolute Gasteiger partial charge is 0.494 e. The van der Waals surface area contributed by atoms with Gasteiger partial charge in [0.15, 0.2) is 0 Å². The number of carbonyl (C=O) groups is 1. The van der Waals surface area contributed by atoms with Gasteiger partial charge in [0, 0.05) is 26.2 Å². The number of nitrogens with one attached hydrogen (secondary N) is 1. The Labute approximate surface area is 133 Å². The number of hydrogen-bond acceptors (Lipinski definition) is 3. The van der Waals surface area contributed by atoms with Crippen molar-refractivity contribution in [2.45, 2.75) is 39.0 Å². The molecule has 4 nitrogen and oxygen atoms in total. The smallest absolute Gasteiger partial charge is 0.220 e. The van der Waals surface area contributed by atoms with Gasteiger partial charge in [-0.2, -0.15) is 0 Å². The van der Waals surface area contributed by atoms with Crippen LogP contribution >= 0.6 is 0 Å². The Bertz CT molecular complexity index is 438. The minimum atomic E-state index is 0.125. The summed E-state index contributed by atoms with van der Waals surface area (Å²) in [7, 11) is 0. The van der Waals surface area contributed by atoms with Gasteiger partial charge in [-0.3, -0.25) is 4.79 Å². The van der Waals surface area contributed by atoms with Gasteiger partial charge in [0.2, 0.25) is 5.91 Å². The molecule has 1 aromatic rings. The number of hydrogen-bond donors (Lipinski definition) is 1. The van der Waals surface area contributed by atoms with Crippen LogP contribution in [0.25, 0.3) is 0 Å². The second kappa shape index (κ2) is 9.46. The first kappa shape index (κ1) is 16.8. The quantitative estimate of drug-likeness (QED) is 0.751. The predicted molar refractivity (Wildman–Crippen MR) is 87.1 cm³/mol. The lowest BCUT2D eigenvalue weighted by Gasteiger charge is -2.21. The van der Waals surface area contributed by atoms with Gasteiger partial charge in [-0.15, -0.1) is 0 Å². The van der Waals surface area contributed by atoms with Crippen molar-refractivity contribution in [2.24, 2.45) is 5.92 Å². The highest BCUT2D eigenvalue weighted by molar-refractivity contribution is 5.75. The highest BCUT2D eigenvalue weighted by Crippen LogP contribution is 2.17. The van der Waals surface area contributed by atoms with E-state index in [2.05, 4.69) is 12.2 Å². The molecule has 2 rings (SSSR count). The van der Waals surface area contributed by atoms with Crippen molar-refractivity contribution in [1.82, 2.24) is 5.32 Å². The third kappa shape index (κ3) is 6.48. The first-order valence-corrected chi connectivity index (χ1v) is 8.28. The second-order valence-corrected chi connectivity index (χ2v) is 5.96. The molecule has 0 saturated carbocycles. The van der Waals surface area contributed by atoms with E-state index < -0.39 is 0 Å². The molecule has 0 aliphatic carbocycles. The van der Waals surface area contributed by atoms with Crippen LogP contribution in [0.2, 0.25) is 0 Å². The summed E-state index contributed by atoms with van der Waals surface area (Å²) >= 11 is 0. The monoisotopic (exact) mass is 305 g/mol. The average Bonchev–Trinajstić information content (AvgIpc) is 2.54. The van der Waals surface area contributed by atoms with Gasteiger partial charge in [-0.1, -0.05) is 17.7 Å². The lowest BCUT2D eigenvalue weighted by Crippen LogP contribution is -2.27. The summed E-state index contributed by atoms with van der Waals surface area (Å²) in [4.78, 5) is 11.7. The number of benzene rings is 1. The maximum atomic E-state index is 11.7. The van der Waals surface area contributed by atoms with Gasteiger partial charge in [0.25, 0.3) is 0 Å². The Morgan fingerprint density at radius 2 is 2.00 bits per heavy atom. The zero-order valence-corrected chi connectivity index (χ0v) is 13.5. The summed E-state index contributed by atoms with van der Waals surface area (Å²) in [6.07, 6.45) is 4.59. The molecule has 1 fully saturated rings. The Kier molecular flexibility index (Phi) is 7.23. The highest BCUT2D eigenvalue weighted by Gasteiger charge is 2.13. The van der Waals surface area contributed by atoms with E-state index in [1.807, 2.05) is 24.3 Å². The maximum absolute atomic E-state index is 11.7. The Morgan fingerprint density at radius 3 is 2.73 bits per heavy atom. The topological polar surface area (TPSA) is 47.6 Å². The first-order chi connectivity index (χ1) is 10.7. The normalized spacial score (nSPS) is 15.5. The van der Waals surface area contributed by atoms with E-state index in [1.54, 1.807) is 0 Å². The second-order valence-electron chi connectivity index (χ2n) is 5.96. The third-order valence-corrected chi connectivity index (χ3v) is 4.05. The summed E-state index contributed by atoms with van der Waals surface area (Å²) in [5, 5.41) is 3.00. The van der Waals surface area contributed by atoms with Crippen LogP contribution in [0.1, 0.15) is 37.7 Å². The fraction of sp³-hybridized carbons (Fsp3) is 0.611. The molecular formula is C18H27NO3. The summed E-state index contributed by atoms with van der Waals surface area (Å²) < 4.78 is 11.0.